The average molecular weight is 227 g/mol. The Labute approximate surface area is 92.2 Å². The van der Waals surface area contributed by atoms with Crippen LogP contribution in [0.25, 0.3) is 0 Å². The molecule has 0 aromatic carbocycles. The van der Waals surface area contributed by atoms with Crippen molar-refractivity contribution in [2.45, 2.75) is 12.8 Å². The Bertz CT molecular complexity index is 378. The summed E-state index contributed by atoms with van der Waals surface area (Å²) in [5.74, 6) is 0.359. The number of nitrogens with two attached hydrogens (primary N) is 1. The van der Waals surface area contributed by atoms with Gasteiger partial charge in [0.05, 0.1) is 6.54 Å². The van der Waals surface area contributed by atoms with Gasteiger partial charge in [-0.15, -0.1) is 0 Å². The van der Waals surface area contributed by atoms with Crippen molar-refractivity contribution in [2.24, 2.45) is 10.7 Å². The molecule has 6 heteroatoms. The van der Waals surface area contributed by atoms with Crippen molar-refractivity contribution < 1.29 is 5.11 Å². The second-order valence-electron chi connectivity index (χ2n) is 3.34. The number of aliphatic hydroxyl groups excluding tert-OH is 1. The van der Waals surface area contributed by atoms with Crippen LogP contribution in [0.2, 0.25) is 5.15 Å². The van der Waals surface area contributed by atoms with E-state index in [1.165, 1.54) is 0 Å². The van der Waals surface area contributed by atoms with Crippen LogP contribution in [0.3, 0.4) is 0 Å². The second kappa shape index (κ2) is 4.04. The number of β-amino-alcohol motifs (C(OH)–C–C–N with tert-alkyl or cyclic N) is 1. The molecule has 1 unspecified atom stereocenters. The fraction of sp³-hybridized carbons (Fsp3) is 0.333. The van der Waals surface area contributed by atoms with Gasteiger partial charge in [0.2, 0.25) is 0 Å². The van der Waals surface area contributed by atoms with Crippen molar-refractivity contribution in [2.75, 3.05) is 6.54 Å². The highest BCUT2D eigenvalue weighted by Gasteiger charge is 2.20. The van der Waals surface area contributed by atoms with Crippen LogP contribution < -0.4 is 5.73 Å². The third-order valence-electron chi connectivity index (χ3n) is 2.15. The Morgan fingerprint density at radius 2 is 2.40 bits per heavy atom. The molecule has 0 saturated carbocycles. The normalized spacial score (nSPS) is 20.5. The van der Waals surface area contributed by atoms with Crippen LogP contribution in [-0.2, 0) is 6.54 Å². The van der Waals surface area contributed by atoms with Gasteiger partial charge in [0.15, 0.2) is 12.2 Å². The highest BCUT2D eigenvalue weighted by atomic mass is 35.5. The molecule has 15 heavy (non-hydrogen) atoms. The Balaban J connectivity index is 2.04. The molecule has 0 aliphatic carbocycles. The number of hydrogen-bond acceptors (Lipinski definition) is 5. The van der Waals surface area contributed by atoms with Crippen LogP contribution in [0.4, 0.5) is 0 Å². The summed E-state index contributed by atoms with van der Waals surface area (Å²) in [6, 6.07) is 3.59. The van der Waals surface area contributed by atoms with E-state index in [4.69, 9.17) is 17.3 Å². The summed E-state index contributed by atoms with van der Waals surface area (Å²) in [6.45, 7) is 1.00. The van der Waals surface area contributed by atoms with Gasteiger partial charge in [-0.2, -0.15) is 0 Å². The summed E-state index contributed by atoms with van der Waals surface area (Å²) < 4.78 is 0. The molecular weight excluding hydrogens is 216 g/mol. The zero-order chi connectivity index (χ0) is 10.8. The molecule has 1 aromatic heterocycles. The van der Waals surface area contributed by atoms with Crippen molar-refractivity contribution in [3.8, 4) is 0 Å². The summed E-state index contributed by atoms with van der Waals surface area (Å²) >= 11 is 5.67. The van der Waals surface area contributed by atoms with Gasteiger partial charge in [-0.1, -0.05) is 17.7 Å². The van der Waals surface area contributed by atoms with Crippen molar-refractivity contribution in [1.29, 1.82) is 0 Å². The average Bonchev–Trinajstić information content (AvgIpc) is 2.49. The summed E-state index contributed by atoms with van der Waals surface area (Å²) in [4.78, 5) is 9.56. The van der Waals surface area contributed by atoms with E-state index in [0.29, 0.717) is 24.2 Å². The number of rotatable bonds is 2. The molecular formula is C9H11ClN4O. The number of aromatic nitrogens is 1. The number of hydrogen-bond donors (Lipinski definition) is 2. The third kappa shape index (κ3) is 2.37. The van der Waals surface area contributed by atoms with Gasteiger partial charge in [0.25, 0.3) is 0 Å². The molecule has 1 aromatic rings. The van der Waals surface area contributed by atoms with E-state index in [2.05, 4.69) is 9.98 Å². The predicted octanol–water partition coefficient (Wildman–Crippen LogP) is 0.184. The Morgan fingerprint density at radius 1 is 1.60 bits per heavy atom. The molecule has 1 aliphatic heterocycles. The summed E-state index contributed by atoms with van der Waals surface area (Å²) in [5, 5.41) is 9.71. The fourth-order valence-electron chi connectivity index (χ4n) is 1.43. The number of pyridine rings is 1. The Morgan fingerprint density at radius 3 is 2.93 bits per heavy atom. The maximum absolute atomic E-state index is 9.25. The standard InChI is InChI=1S/C9H11ClN4O/c10-7-2-1-6(3-12-7)4-14-5-8(15)13-9(14)11/h1-3,8,15H,4-5H2,(H2,11,13). The van der Waals surface area contributed by atoms with Gasteiger partial charge in [-0.3, -0.25) is 0 Å². The van der Waals surface area contributed by atoms with E-state index in [1.807, 2.05) is 6.07 Å². The molecule has 0 saturated heterocycles. The molecule has 1 aliphatic rings. The lowest BCUT2D eigenvalue weighted by molar-refractivity contribution is 0.170. The van der Waals surface area contributed by atoms with E-state index >= 15 is 0 Å². The SMILES string of the molecule is NC1=NC(O)CN1Cc1ccc(Cl)nc1. The summed E-state index contributed by atoms with van der Waals surface area (Å²) in [5.41, 5.74) is 6.59. The van der Waals surface area contributed by atoms with Crippen LogP contribution in [-0.4, -0.2) is 33.7 Å². The Kier molecular flexibility index (Phi) is 2.75. The number of nitrogens with zero attached hydrogens (tertiary/aromatic N) is 3. The number of aliphatic hydroxyl groups is 1. The topological polar surface area (TPSA) is 74.7 Å². The molecule has 3 N–H and O–H groups in total. The quantitative estimate of drug-likeness (QED) is 0.706. The maximum atomic E-state index is 9.25. The first-order valence-electron chi connectivity index (χ1n) is 4.52. The minimum absolute atomic E-state index is 0.359. The lowest BCUT2D eigenvalue weighted by atomic mass is 10.3. The van der Waals surface area contributed by atoms with Crippen LogP contribution in [0.5, 0.6) is 0 Å². The van der Waals surface area contributed by atoms with Crippen molar-refractivity contribution in [1.82, 2.24) is 9.88 Å². The summed E-state index contributed by atoms with van der Waals surface area (Å²) in [7, 11) is 0. The van der Waals surface area contributed by atoms with E-state index in [9.17, 15) is 5.11 Å². The first-order valence-corrected chi connectivity index (χ1v) is 4.89. The second-order valence-corrected chi connectivity index (χ2v) is 3.72. The minimum atomic E-state index is -0.717. The number of aliphatic imine (C=N–C) groups is 1. The van der Waals surface area contributed by atoms with E-state index < -0.39 is 6.23 Å². The molecule has 0 amide bonds. The monoisotopic (exact) mass is 226 g/mol. The zero-order valence-electron chi connectivity index (χ0n) is 7.97. The first-order chi connectivity index (χ1) is 7.15. The van der Waals surface area contributed by atoms with Gasteiger partial charge in [-0.05, 0) is 11.6 Å². The first kappa shape index (κ1) is 10.2. The van der Waals surface area contributed by atoms with Crippen LogP contribution in [0, 0.1) is 0 Å². The molecule has 0 spiro atoms. The van der Waals surface area contributed by atoms with Crippen molar-refractivity contribution in [3.05, 3.63) is 29.0 Å². The largest absolute Gasteiger partial charge is 0.370 e. The van der Waals surface area contributed by atoms with Gasteiger partial charge < -0.3 is 15.7 Å². The van der Waals surface area contributed by atoms with E-state index in [1.54, 1.807) is 17.2 Å². The highest BCUT2D eigenvalue weighted by Crippen LogP contribution is 2.11. The molecule has 2 heterocycles. The molecule has 1 atom stereocenters. The van der Waals surface area contributed by atoms with Gasteiger partial charge in [0, 0.05) is 12.7 Å². The maximum Gasteiger partial charge on any atom is 0.194 e. The number of halogens is 1. The molecule has 0 fully saturated rings. The molecule has 0 bridgehead atoms. The van der Waals surface area contributed by atoms with Crippen LogP contribution in [0.1, 0.15) is 5.56 Å². The molecule has 80 valence electrons. The molecule has 0 radical (unpaired) electrons. The molecule has 2 rings (SSSR count). The molecule has 5 nitrogen and oxygen atoms in total. The fourth-order valence-corrected chi connectivity index (χ4v) is 1.54. The van der Waals surface area contributed by atoms with Crippen LogP contribution >= 0.6 is 11.6 Å². The van der Waals surface area contributed by atoms with Crippen molar-refractivity contribution in [3.63, 3.8) is 0 Å². The lowest BCUT2D eigenvalue weighted by Gasteiger charge is -2.17. The highest BCUT2D eigenvalue weighted by molar-refractivity contribution is 6.29. The van der Waals surface area contributed by atoms with Gasteiger partial charge in [-0.25, -0.2) is 9.98 Å². The summed E-state index contributed by atoms with van der Waals surface area (Å²) in [6.07, 6.45) is 0.964. The van der Waals surface area contributed by atoms with Crippen molar-refractivity contribution >= 4 is 17.6 Å². The predicted molar refractivity (Wildman–Crippen MR) is 57.3 cm³/mol. The minimum Gasteiger partial charge on any atom is -0.370 e. The van der Waals surface area contributed by atoms with Gasteiger partial charge in [0.1, 0.15) is 5.15 Å². The lowest BCUT2D eigenvalue weighted by Crippen LogP contribution is -2.34. The number of guanidine groups is 1. The zero-order valence-corrected chi connectivity index (χ0v) is 8.72. The van der Waals surface area contributed by atoms with E-state index in [-0.39, 0.29) is 0 Å². The smallest absolute Gasteiger partial charge is 0.194 e. The van der Waals surface area contributed by atoms with Gasteiger partial charge >= 0.3 is 0 Å². The third-order valence-corrected chi connectivity index (χ3v) is 2.37. The van der Waals surface area contributed by atoms with Crippen LogP contribution in [0.15, 0.2) is 23.3 Å². The Hall–Kier alpha value is -1.33. The van der Waals surface area contributed by atoms with E-state index in [0.717, 1.165) is 5.56 Å².